The van der Waals surface area contributed by atoms with Crippen molar-refractivity contribution in [1.82, 2.24) is 10.3 Å². The summed E-state index contributed by atoms with van der Waals surface area (Å²) in [5.74, 6) is 0.431. The van der Waals surface area contributed by atoms with Crippen molar-refractivity contribution in [2.24, 2.45) is 0 Å². The van der Waals surface area contributed by atoms with E-state index in [1.807, 2.05) is 38.1 Å². The van der Waals surface area contributed by atoms with Crippen molar-refractivity contribution in [2.75, 3.05) is 29.9 Å². The van der Waals surface area contributed by atoms with Crippen LogP contribution in [0.5, 0.6) is 0 Å². The van der Waals surface area contributed by atoms with Crippen molar-refractivity contribution in [3.05, 3.63) is 65.0 Å². The predicted octanol–water partition coefficient (Wildman–Crippen LogP) is 5.21. The molecule has 0 aliphatic carbocycles. The zero-order valence-corrected chi connectivity index (χ0v) is 18.3. The van der Waals surface area contributed by atoms with Gasteiger partial charge in [0.1, 0.15) is 11.6 Å². The smallest absolute Gasteiger partial charge is 0.251 e. The molecule has 0 radical (unpaired) electrons. The third-order valence-electron chi connectivity index (χ3n) is 5.89. The molecule has 1 amide bonds. The molecule has 2 aromatic carbocycles. The first-order valence-electron chi connectivity index (χ1n) is 11.0. The number of aryl methyl sites for hydroxylation is 1. The van der Waals surface area contributed by atoms with Crippen LogP contribution in [-0.2, 0) is 0 Å². The van der Waals surface area contributed by atoms with E-state index in [1.165, 1.54) is 18.9 Å². The second-order valence-electron chi connectivity index (χ2n) is 8.19. The van der Waals surface area contributed by atoms with Gasteiger partial charge in [0.05, 0.1) is 11.6 Å². The maximum Gasteiger partial charge on any atom is 0.251 e. The summed E-state index contributed by atoms with van der Waals surface area (Å²) in [6, 6.07) is 12.4. The molecule has 1 aliphatic heterocycles. The summed E-state index contributed by atoms with van der Waals surface area (Å²) in [5.41, 5.74) is 3.61. The van der Waals surface area contributed by atoms with Crippen LogP contribution in [-0.4, -0.2) is 30.5 Å². The van der Waals surface area contributed by atoms with Crippen molar-refractivity contribution in [2.45, 2.75) is 39.7 Å². The first kappa shape index (κ1) is 21.1. The zero-order chi connectivity index (χ0) is 22.0. The lowest BCUT2D eigenvalue weighted by atomic mass is 10.0. The van der Waals surface area contributed by atoms with Gasteiger partial charge in [0.2, 0.25) is 0 Å². The molecule has 1 atom stereocenters. The minimum absolute atomic E-state index is 0.231. The largest absolute Gasteiger partial charge is 0.385 e. The van der Waals surface area contributed by atoms with Crippen LogP contribution in [0.15, 0.2) is 42.5 Å². The number of nitrogens with zero attached hydrogens (tertiary/aromatic N) is 2. The van der Waals surface area contributed by atoms with Crippen molar-refractivity contribution in [1.29, 1.82) is 0 Å². The van der Waals surface area contributed by atoms with E-state index in [9.17, 15) is 9.18 Å². The lowest BCUT2D eigenvalue weighted by Crippen LogP contribution is -2.27. The van der Waals surface area contributed by atoms with Gasteiger partial charge in [0.15, 0.2) is 0 Å². The minimum atomic E-state index is -0.451. The van der Waals surface area contributed by atoms with Crippen LogP contribution < -0.4 is 15.5 Å². The summed E-state index contributed by atoms with van der Waals surface area (Å²) in [7, 11) is 0. The number of rotatable bonds is 6. The molecule has 0 spiro atoms. The van der Waals surface area contributed by atoms with Crippen LogP contribution in [0.4, 0.5) is 15.9 Å². The molecule has 1 saturated heterocycles. The predicted molar refractivity (Wildman–Crippen MR) is 124 cm³/mol. The highest BCUT2D eigenvalue weighted by Crippen LogP contribution is 2.26. The van der Waals surface area contributed by atoms with Crippen LogP contribution in [0.1, 0.15) is 54.2 Å². The fourth-order valence-corrected chi connectivity index (χ4v) is 4.15. The molecule has 1 fully saturated rings. The Morgan fingerprint density at radius 1 is 1.16 bits per heavy atom. The molecule has 0 saturated carbocycles. The Labute approximate surface area is 182 Å². The third-order valence-corrected chi connectivity index (χ3v) is 5.89. The maximum atomic E-state index is 14.6. The molecule has 3 aromatic rings. The molecule has 162 valence electrons. The molecular weight excluding hydrogens is 391 g/mol. The van der Waals surface area contributed by atoms with Gasteiger partial charge >= 0.3 is 0 Å². The molecule has 31 heavy (non-hydrogen) atoms. The molecule has 2 N–H and O–H groups in total. The average molecular weight is 421 g/mol. The van der Waals surface area contributed by atoms with Gasteiger partial charge in [-0.05, 0) is 81.6 Å². The molecule has 0 unspecified atom stereocenters. The van der Waals surface area contributed by atoms with Gasteiger partial charge in [-0.1, -0.05) is 0 Å². The van der Waals surface area contributed by atoms with Crippen molar-refractivity contribution >= 4 is 28.3 Å². The highest BCUT2D eigenvalue weighted by molar-refractivity contribution is 5.98. The Kier molecular flexibility index (Phi) is 6.07. The van der Waals surface area contributed by atoms with Crippen molar-refractivity contribution in [3.8, 4) is 0 Å². The molecule has 4 rings (SSSR count). The second-order valence-corrected chi connectivity index (χ2v) is 8.19. The zero-order valence-electron chi connectivity index (χ0n) is 18.3. The quantitative estimate of drug-likeness (QED) is 0.575. The molecule has 5 nitrogen and oxygen atoms in total. The molecule has 1 aromatic heterocycles. The molecule has 0 bridgehead atoms. The number of hydrogen-bond acceptors (Lipinski definition) is 4. The van der Waals surface area contributed by atoms with Crippen LogP contribution in [0.2, 0.25) is 0 Å². The number of fused-ring (bicyclic) bond motifs is 1. The first-order chi connectivity index (χ1) is 15.0. The molecule has 1 aliphatic rings. The van der Waals surface area contributed by atoms with E-state index in [1.54, 1.807) is 19.1 Å². The summed E-state index contributed by atoms with van der Waals surface area (Å²) < 4.78 is 14.6. The van der Waals surface area contributed by atoms with E-state index < -0.39 is 6.04 Å². The summed E-state index contributed by atoms with van der Waals surface area (Å²) in [6.07, 6.45) is 2.41. The number of benzene rings is 2. The van der Waals surface area contributed by atoms with Crippen LogP contribution in [0.3, 0.4) is 0 Å². The Hall–Kier alpha value is -3.15. The summed E-state index contributed by atoms with van der Waals surface area (Å²) in [6.45, 7) is 8.52. The lowest BCUT2D eigenvalue weighted by Gasteiger charge is -2.18. The van der Waals surface area contributed by atoms with Gasteiger partial charge in [-0.3, -0.25) is 4.79 Å². The number of hydrogen-bond donors (Lipinski definition) is 2. The number of pyridine rings is 1. The number of aromatic nitrogens is 1. The lowest BCUT2D eigenvalue weighted by molar-refractivity contribution is 0.0939. The van der Waals surface area contributed by atoms with Gasteiger partial charge in [0, 0.05) is 41.8 Å². The highest BCUT2D eigenvalue weighted by atomic mass is 19.1. The Balaban J connectivity index is 1.51. The van der Waals surface area contributed by atoms with E-state index in [2.05, 4.69) is 15.5 Å². The standard InChI is InChI=1S/C25H29FN4O/c1-4-27-23-15-21(26)20(13-16(23)2)17(3)28-25(31)19-7-9-22-18(14-19)8-10-24(29-22)30-11-5-6-12-30/h7-10,13-15,17,27H,4-6,11-12H2,1-3H3,(H,28,31)/t17-/m1/s1. The van der Waals surface area contributed by atoms with Gasteiger partial charge < -0.3 is 15.5 Å². The average Bonchev–Trinajstić information content (AvgIpc) is 3.30. The van der Waals surface area contributed by atoms with Crippen LogP contribution >= 0.6 is 0 Å². The minimum Gasteiger partial charge on any atom is -0.385 e. The molecule has 6 heteroatoms. The topological polar surface area (TPSA) is 57.3 Å². The van der Waals surface area contributed by atoms with Crippen LogP contribution in [0.25, 0.3) is 10.9 Å². The van der Waals surface area contributed by atoms with Crippen LogP contribution in [0, 0.1) is 12.7 Å². The maximum absolute atomic E-state index is 14.6. The summed E-state index contributed by atoms with van der Waals surface area (Å²) in [4.78, 5) is 19.9. The Morgan fingerprint density at radius 2 is 1.94 bits per heavy atom. The molecule has 2 heterocycles. The number of carbonyl (C=O) groups is 1. The van der Waals surface area contributed by atoms with E-state index in [0.717, 1.165) is 47.6 Å². The fraction of sp³-hybridized carbons (Fsp3) is 0.360. The van der Waals surface area contributed by atoms with Crippen molar-refractivity contribution < 1.29 is 9.18 Å². The van der Waals surface area contributed by atoms with Crippen molar-refractivity contribution in [3.63, 3.8) is 0 Å². The summed E-state index contributed by atoms with van der Waals surface area (Å²) in [5, 5.41) is 6.99. The normalized spacial score (nSPS) is 14.6. The Morgan fingerprint density at radius 3 is 2.68 bits per heavy atom. The van der Waals surface area contributed by atoms with E-state index in [-0.39, 0.29) is 11.7 Å². The van der Waals surface area contributed by atoms with E-state index in [0.29, 0.717) is 11.1 Å². The van der Waals surface area contributed by atoms with E-state index >= 15 is 0 Å². The number of amides is 1. The third kappa shape index (κ3) is 4.48. The van der Waals surface area contributed by atoms with Gasteiger partial charge in [-0.2, -0.15) is 0 Å². The number of anilines is 2. The monoisotopic (exact) mass is 420 g/mol. The summed E-state index contributed by atoms with van der Waals surface area (Å²) >= 11 is 0. The Bertz CT molecular complexity index is 1110. The first-order valence-corrected chi connectivity index (χ1v) is 11.0. The van der Waals surface area contributed by atoms with Gasteiger partial charge in [-0.15, -0.1) is 0 Å². The number of nitrogens with one attached hydrogen (secondary N) is 2. The highest BCUT2D eigenvalue weighted by Gasteiger charge is 2.18. The van der Waals surface area contributed by atoms with E-state index in [4.69, 9.17) is 4.98 Å². The number of halogens is 1. The SMILES string of the molecule is CCNc1cc(F)c([C@@H](C)NC(=O)c2ccc3nc(N4CCCC4)ccc3c2)cc1C. The second kappa shape index (κ2) is 8.92. The van der Waals surface area contributed by atoms with Gasteiger partial charge in [0.25, 0.3) is 5.91 Å². The van der Waals surface area contributed by atoms with Gasteiger partial charge in [-0.25, -0.2) is 9.37 Å². The number of carbonyl (C=O) groups excluding carboxylic acids is 1. The molecular formula is C25H29FN4O. The fourth-order valence-electron chi connectivity index (χ4n) is 4.15.